The van der Waals surface area contributed by atoms with E-state index in [9.17, 15) is 0 Å². The molecule has 102 valence electrons. The Balaban J connectivity index is 0.000000771. The number of hydrogen-bond acceptors (Lipinski definition) is 0. The van der Waals surface area contributed by atoms with Crippen molar-refractivity contribution < 1.29 is 0 Å². The van der Waals surface area contributed by atoms with Crippen LogP contribution in [-0.4, -0.2) is 0 Å². The maximum Gasteiger partial charge on any atom is -0.00746 e. The molecule has 0 spiro atoms. The van der Waals surface area contributed by atoms with Gasteiger partial charge in [-0.2, -0.15) is 0 Å². The average Bonchev–Trinajstić information content (AvgIpc) is 2.29. The molecule has 0 N–H and O–H groups in total. The second kappa shape index (κ2) is 5.07. The molecule has 18 heavy (non-hydrogen) atoms. The van der Waals surface area contributed by atoms with E-state index in [0.29, 0.717) is 10.8 Å². The summed E-state index contributed by atoms with van der Waals surface area (Å²) < 4.78 is 0. The molecule has 0 fully saturated rings. The summed E-state index contributed by atoms with van der Waals surface area (Å²) >= 11 is 0. The standard InChI is InChI=1S/C16H24.C2H6/c1-11-7-8-13-14(9-11)16(5,6)12(2)10-15(13,3)4;1-2/h7-9,12H,10H2,1-6H3;1-2H3. The third kappa shape index (κ3) is 2.48. The fourth-order valence-corrected chi connectivity index (χ4v) is 3.18. The Morgan fingerprint density at radius 3 is 2.11 bits per heavy atom. The van der Waals surface area contributed by atoms with E-state index >= 15 is 0 Å². The van der Waals surface area contributed by atoms with Crippen molar-refractivity contribution in [3.63, 3.8) is 0 Å². The third-order valence-corrected chi connectivity index (χ3v) is 4.65. The average molecular weight is 246 g/mol. The summed E-state index contributed by atoms with van der Waals surface area (Å²) in [5.41, 5.74) is 5.16. The fourth-order valence-electron chi connectivity index (χ4n) is 3.18. The van der Waals surface area contributed by atoms with Crippen molar-refractivity contribution in [3.8, 4) is 0 Å². The fraction of sp³-hybridized carbons (Fsp3) is 0.667. The molecule has 1 aromatic rings. The highest BCUT2D eigenvalue weighted by Crippen LogP contribution is 2.48. The zero-order valence-electron chi connectivity index (χ0n) is 13.5. The molecule has 0 saturated carbocycles. The molecule has 2 rings (SSSR count). The van der Waals surface area contributed by atoms with Crippen LogP contribution in [-0.2, 0) is 10.8 Å². The predicted octanol–water partition coefficient (Wildman–Crippen LogP) is 5.62. The molecule has 1 aromatic carbocycles. The molecule has 1 atom stereocenters. The first kappa shape index (κ1) is 15.3. The minimum Gasteiger partial charge on any atom is -0.0683 e. The molecule has 0 bridgehead atoms. The van der Waals surface area contributed by atoms with E-state index < -0.39 is 0 Å². The summed E-state index contributed by atoms with van der Waals surface area (Å²) in [5, 5.41) is 0. The molecule has 0 aliphatic heterocycles. The van der Waals surface area contributed by atoms with Crippen LogP contribution in [0.15, 0.2) is 18.2 Å². The quantitative estimate of drug-likeness (QED) is 0.557. The Morgan fingerprint density at radius 2 is 1.56 bits per heavy atom. The molecule has 0 heteroatoms. The van der Waals surface area contributed by atoms with Crippen LogP contribution < -0.4 is 0 Å². The van der Waals surface area contributed by atoms with E-state index in [1.54, 1.807) is 11.1 Å². The van der Waals surface area contributed by atoms with Crippen molar-refractivity contribution in [2.45, 2.75) is 72.6 Å². The van der Waals surface area contributed by atoms with E-state index in [0.717, 1.165) is 5.92 Å². The van der Waals surface area contributed by atoms with Gasteiger partial charge in [0.25, 0.3) is 0 Å². The van der Waals surface area contributed by atoms with Crippen molar-refractivity contribution in [1.29, 1.82) is 0 Å². The summed E-state index contributed by atoms with van der Waals surface area (Å²) in [6, 6.07) is 7.00. The van der Waals surface area contributed by atoms with E-state index in [1.165, 1.54) is 12.0 Å². The first-order chi connectivity index (χ1) is 8.25. The smallest absolute Gasteiger partial charge is 0.00746 e. The Morgan fingerprint density at radius 1 is 1.00 bits per heavy atom. The van der Waals surface area contributed by atoms with Crippen molar-refractivity contribution in [3.05, 3.63) is 34.9 Å². The largest absolute Gasteiger partial charge is 0.0683 e. The van der Waals surface area contributed by atoms with Gasteiger partial charge in [0.15, 0.2) is 0 Å². The molecule has 1 aliphatic rings. The third-order valence-electron chi connectivity index (χ3n) is 4.65. The van der Waals surface area contributed by atoms with Crippen LogP contribution in [0.2, 0.25) is 0 Å². The highest BCUT2D eigenvalue weighted by molar-refractivity contribution is 5.43. The summed E-state index contributed by atoms with van der Waals surface area (Å²) in [7, 11) is 0. The predicted molar refractivity (Wildman–Crippen MR) is 82.4 cm³/mol. The lowest BCUT2D eigenvalue weighted by atomic mass is 9.58. The molecule has 0 radical (unpaired) electrons. The van der Waals surface area contributed by atoms with Crippen LogP contribution in [0.1, 0.15) is 71.6 Å². The van der Waals surface area contributed by atoms with E-state index in [4.69, 9.17) is 0 Å². The van der Waals surface area contributed by atoms with E-state index in [-0.39, 0.29) is 0 Å². The number of rotatable bonds is 0. The van der Waals surface area contributed by atoms with Gasteiger partial charge in [0.2, 0.25) is 0 Å². The minimum atomic E-state index is 0.316. The number of hydrogen-bond donors (Lipinski definition) is 0. The second-order valence-electron chi connectivity index (χ2n) is 6.76. The topological polar surface area (TPSA) is 0 Å². The van der Waals surface area contributed by atoms with Gasteiger partial charge >= 0.3 is 0 Å². The lowest BCUT2D eigenvalue weighted by Gasteiger charge is -2.46. The van der Waals surface area contributed by atoms with Crippen molar-refractivity contribution >= 4 is 0 Å². The SMILES string of the molecule is CC.Cc1ccc2c(c1)C(C)(C)C(C)CC2(C)C. The molecule has 1 aliphatic carbocycles. The van der Waals surface area contributed by atoms with E-state index in [1.807, 2.05) is 13.8 Å². The van der Waals surface area contributed by atoms with E-state index in [2.05, 4.69) is 59.7 Å². The molecular formula is C18H30. The Bertz CT molecular complexity index is 410. The molecule has 1 unspecified atom stereocenters. The normalized spacial score (nSPS) is 23.7. The highest BCUT2D eigenvalue weighted by atomic mass is 14.5. The number of benzene rings is 1. The summed E-state index contributed by atoms with van der Waals surface area (Å²) in [6.45, 7) is 18.1. The molecule has 0 aromatic heterocycles. The van der Waals surface area contributed by atoms with Gasteiger partial charge in [0.05, 0.1) is 0 Å². The molecule has 0 nitrogen and oxygen atoms in total. The van der Waals surface area contributed by atoms with Gasteiger partial charge in [-0.3, -0.25) is 0 Å². The maximum absolute atomic E-state index is 2.40. The van der Waals surface area contributed by atoms with Gasteiger partial charge in [0.1, 0.15) is 0 Å². The van der Waals surface area contributed by atoms with Crippen LogP contribution in [0.25, 0.3) is 0 Å². The Labute approximate surface area is 114 Å². The lowest BCUT2D eigenvalue weighted by Crippen LogP contribution is -2.40. The van der Waals surface area contributed by atoms with Crippen LogP contribution in [0.3, 0.4) is 0 Å². The molecule has 0 saturated heterocycles. The Kier molecular flexibility index (Phi) is 4.30. The monoisotopic (exact) mass is 246 g/mol. The van der Waals surface area contributed by atoms with Crippen molar-refractivity contribution in [2.24, 2.45) is 5.92 Å². The maximum atomic E-state index is 2.40. The Hall–Kier alpha value is -0.780. The van der Waals surface area contributed by atoms with Crippen LogP contribution in [0.4, 0.5) is 0 Å². The van der Waals surface area contributed by atoms with Gasteiger partial charge in [-0.15, -0.1) is 0 Å². The number of fused-ring (bicyclic) bond motifs is 1. The van der Waals surface area contributed by atoms with Gasteiger partial charge < -0.3 is 0 Å². The molecule has 0 heterocycles. The summed E-state index contributed by atoms with van der Waals surface area (Å²) in [5.74, 6) is 0.747. The molecular weight excluding hydrogens is 216 g/mol. The van der Waals surface area contributed by atoms with Crippen LogP contribution in [0.5, 0.6) is 0 Å². The van der Waals surface area contributed by atoms with Crippen LogP contribution >= 0.6 is 0 Å². The molecule has 0 amide bonds. The van der Waals surface area contributed by atoms with Gasteiger partial charge in [-0.25, -0.2) is 0 Å². The zero-order valence-corrected chi connectivity index (χ0v) is 13.5. The summed E-state index contributed by atoms with van der Waals surface area (Å²) in [4.78, 5) is 0. The highest BCUT2D eigenvalue weighted by Gasteiger charge is 2.41. The van der Waals surface area contributed by atoms with Crippen molar-refractivity contribution in [1.82, 2.24) is 0 Å². The van der Waals surface area contributed by atoms with Gasteiger partial charge in [-0.1, -0.05) is 72.2 Å². The summed E-state index contributed by atoms with van der Waals surface area (Å²) in [6.07, 6.45) is 1.29. The first-order valence-electron chi connectivity index (χ1n) is 7.37. The van der Waals surface area contributed by atoms with Crippen molar-refractivity contribution in [2.75, 3.05) is 0 Å². The van der Waals surface area contributed by atoms with Gasteiger partial charge in [-0.05, 0) is 41.2 Å². The lowest BCUT2D eigenvalue weighted by molar-refractivity contribution is 0.233. The number of aryl methyl sites for hydroxylation is 1. The van der Waals surface area contributed by atoms with Gasteiger partial charge in [0, 0.05) is 0 Å². The zero-order chi connectivity index (χ0) is 14.1. The first-order valence-corrected chi connectivity index (χ1v) is 7.37. The van der Waals surface area contributed by atoms with Crippen LogP contribution in [0, 0.1) is 12.8 Å². The minimum absolute atomic E-state index is 0.316. The second-order valence-corrected chi connectivity index (χ2v) is 6.76.